The summed E-state index contributed by atoms with van der Waals surface area (Å²) >= 11 is 0. The molecule has 11 nitrogen and oxygen atoms in total. The third-order valence-electron chi connectivity index (χ3n) is 12.0. The van der Waals surface area contributed by atoms with Gasteiger partial charge in [0.2, 0.25) is 0 Å². The summed E-state index contributed by atoms with van der Waals surface area (Å²) in [6.07, 6.45) is -8.22. The highest BCUT2D eigenvalue weighted by atomic mass is 16.8. The molecule has 3 aliphatic rings. The minimum atomic E-state index is -1.03. The van der Waals surface area contributed by atoms with E-state index >= 15 is 0 Å². The molecule has 3 heterocycles. The van der Waals surface area contributed by atoms with E-state index in [1.54, 1.807) is 7.11 Å². The molecule has 3 fully saturated rings. The van der Waals surface area contributed by atoms with Gasteiger partial charge in [-0.2, -0.15) is 0 Å². The van der Waals surface area contributed by atoms with Crippen molar-refractivity contribution in [3.05, 3.63) is 215 Å². The minimum absolute atomic E-state index is 0.142. The van der Waals surface area contributed by atoms with E-state index in [2.05, 4.69) is 0 Å². The molecule has 3 saturated heterocycles. The molecule has 6 aromatic rings. The first-order valence-electron chi connectivity index (χ1n) is 22.7. The zero-order chi connectivity index (χ0) is 44.8. The van der Waals surface area contributed by atoms with Gasteiger partial charge in [-0.1, -0.05) is 182 Å². The summed E-state index contributed by atoms with van der Waals surface area (Å²) in [7, 11) is 1.61. The van der Waals surface area contributed by atoms with Crippen molar-refractivity contribution in [2.75, 3.05) is 20.3 Å². The summed E-state index contributed by atoms with van der Waals surface area (Å²) in [5.74, 6) is 0. The molecule has 66 heavy (non-hydrogen) atoms. The fourth-order valence-electron chi connectivity index (χ4n) is 8.62. The maximum Gasteiger partial charge on any atom is 0.187 e. The Kier molecular flexibility index (Phi) is 16.4. The first-order valence-corrected chi connectivity index (χ1v) is 22.7. The smallest absolute Gasteiger partial charge is 0.187 e. The summed E-state index contributed by atoms with van der Waals surface area (Å²) in [5, 5.41) is 0. The summed E-state index contributed by atoms with van der Waals surface area (Å²) in [6, 6.07) is 60.0. The molecule has 0 N–H and O–H groups in total. The predicted octanol–water partition coefficient (Wildman–Crippen LogP) is 9.14. The van der Waals surface area contributed by atoms with Gasteiger partial charge in [-0.05, 0) is 27.8 Å². The maximum atomic E-state index is 7.36. The van der Waals surface area contributed by atoms with Crippen molar-refractivity contribution in [3.63, 3.8) is 0 Å². The van der Waals surface area contributed by atoms with Gasteiger partial charge in [-0.3, -0.25) is 0 Å². The lowest BCUT2D eigenvalue weighted by Crippen LogP contribution is -2.67. The lowest BCUT2D eigenvalue weighted by Gasteiger charge is -2.51. The predicted molar refractivity (Wildman–Crippen MR) is 245 cm³/mol. The number of ether oxygens (including phenoxy) is 11. The van der Waals surface area contributed by atoms with Crippen molar-refractivity contribution in [2.45, 2.75) is 101 Å². The van der Waals surface area contributed by atoms with Gasteiger partial charge in [0.1, 0.15) is 48.8 Å². The van der Waals surface area contributed by atoms with E-state index in [9.17, 15) is 0 Å². The van der Waals surface area contributed by atoms with Gasteiger partial charge < -0.3 is 52.1 Å². The van der Waals surface area contributed by atoms with Crippen LogP contribution >= 0.6 is 0 Å². The van der Waals surface area contributed by atoms with E-state index in [4.69, 9.17) is 52.1 Å². The molecule has 0 bridgehead atoms. The second-order valence-electron chi connectivity index (χ2n) is 16.6. The van der Waals surface area contributed by atoms with Crippen LogP contribution in [0.2, 0.25) is 0 Å². The van der Waals surface area contributed by atoms with Crippen molar-refractivity contribution in [3.8, 4) is 0 Å². The minimum Gasteiger partial charge on any atom is -0.374 e. The maximum absolute atomic E-state index is 7.36. The van der Waals surface area contributed by atoms with Crippen LogP contribution in [-0.2, 0) is 85.1 Å². The molecule has 0 aliphatic carbocycles. The number of fused-ring (bicyclic) bond motifs is 1. The van der Waals surface area contributed by atoms with E-state index in [-0.39, 0.29) is 33.0 Å². The highest BCUT2D eigenvalue weighted by Crippen LogP contribution is 2.40. The van der Waals surface area contributed by atoms with Crippen LogP contribution in [0.5, 0.6) is 0 Å². The molecule has 1 unspecified atom stereocenters. The fourth-order valence-corrected chi connectivity index (χ4v) is 8.62. The molecule has 3 aliphatic heterocycles. The molecule has 11 heteroatoms. The van der Waals surface area contributed by atoms with E-state index in [1.165, 1.54) is 0 Å². The number of hydrogen-bond donors (Lipinski definition) is 0. The van der Waals surface area contributed by atoms with Crippen LogP contribution < -0.4 is 0 Å². The lowest BCUT2D eigenvalue weighted by atomic mass is 9.95. The van der Waals surface area contributed by atoms with E-state index < -0.39 is 67.7 Å². The van der Waals surface area contributed by atoms with Crippen molar-refractivity contribution >= 4 is 0 Å². The van der Waals surface area contributed by atoms with Crippen LogP contribution in [0.4, 0.5) is 0 Å². The Morgan fingerprint density at radius 2 is 0.848 bits per heavy atom. The zero-order valence-electron chi connectivity index (χ0n) is 37.1. The van der Waals surface area contributed by atoms with E-state index in [0.29, 0.717) is 13.2 Å². The highest BCUT2D eigenvalue weighted by Gasteiger charge is 2.56. The Labute approximate surface area is 387 Å². The molecular weight excluding hydrogens is 837 g/mol. The van der Waals surface area contributed by atoms with E-state index in [0.717, 1.165) is 33.4 Å². The second-order valence-corrected chi connectivity index (χ2v) is 16.6. The Bertz CT molecular complexity index is 2280. The van der Waals surface area contributed by atoms with Crippen molar-refractivity contribution < 1.29 is 52.1 Å². The molecule has 0 spiro atoms. The monoisotopic (exact) mass is 894 g/mol. The SMILES string of the molecule is CO[C@H]1O[C@H](COCc2ccccc2)[C@@H](O[C@@H]2O[C@@H]3COC(c4ccccc4)O[C@H]3[C@H](OCc3ccccc3)[C@@H]2OCc2ccccc2)[C@H](OCc2ccccc2)[C@H]1OCc1ccccc1. The quantitative estimate of drug-likeness (QED) is 0.0734. The molecule has 0 aromatic heterocycles. The Morgan fingerprint density at radius 3 is 1.33 bits per heavy atom. The number of benzene rings is 6. The largest absolute Gasteiger partial charge is 0.374 e. The summed E-state index contributed by atoms with van der Waals surface area (Å²) in [4.78, 5) is 0. The zero-order valence-corrected chi connectivity index (χ0v) is 37.1. The Balaban J connectivity index is 1.08. The molecule has 344 valence electrons. The van der Waals surface area contributed by atoms with Crippen LogP contribution in [0, 0.1) is 0 Å². The van der Waals surface area contributed by atoms with Crippen LogP contribution in [0.25, 0.3) is 0 Å². The van der Waals surface area contributed by atoms with Crippen LogP contribution in [-0.4, -0.2) is 81.7 Å². The Hall–Kier alpha value is -5.12. The molecule has 0 saturated carbocycles. The summed E-state index contributed by atoms with van der Waals surface area (Å²) < 4.78 is 74.6. The highest BCUT2D eigenvalue weighted by molar-refractivity contribution is 5.19. The van der Waals surface area contributed by atoms with Gasteiger partial charge in [0.05, 0.1) is 46.2 Å². The Morgan fingerprint density at radius 1 is 0.424 bits per heavy atom. The van der Waals surface area contributed by atoms with Gasteiger partial charge in [-0.25, -0.2) is 0 Å². The second kappa shape index (κ2) is 23.6. The lowest BCUT2D eigenvalue weighted by molar-refractivity contribution is -0.397. The molecule has 0 amide bonds. The summed E-state index contributed by atoms with van der Waals surface area (Å²) in [6.45, 7) is 1.80. The molecular formula is C55H58O11. The van der Waals surface area contributed by atoms with Crippen LogP contribution in [0.1, 0.15) is 39.7 Å². The van der Waals surface area contributed by atoms with Gasteiger partial charge in [0.25, 0.3) is 0 Å². The molecule has 11 atom stereocenters. The average Bonchev–Trinajstić information content (AvgIpc) is 3.38. The first-order chi connectivity index (χ1) is 32.7. The van der Waals surface area contributed by atoms with Crippen molar-refractivity contribution in [1.82, 2.24) is 0 Å². The average molecular weight is 895 g/mol. The first kappa shape index (κ1) is 46.0. The third kappa shape index (κ3) is 12.1. The summed E-state index contributed by atoms with van der Waals surface area (Å²) in [5.41, 5.74) is 5.86. The number of rotatable bonds is 20. The molecule has 0 radical (unpaired) electrons. The van der Waals surface area contributed by atoms with E-state index in [1.807, 2.05) is 182 Å². The van der Waals surface area contributed by atoms with Gasteiger partial charge in [-0.15, -0.1) is 0 Å². The third-order valence-corrected chi connectivity index (χ3v) is 12.0. The topological polar surface area (TPSA) is 102 Å². The number of methoxy groups -OCH3 is 1. The van der Waals surface area contributed by atoms with Gasteiger partial charge in [0, 0.05) is 12.7 Å². The number of hydrogen-bond acceptors (Lipinski definition) is 11. The van der Waals surface area contributed by atoms with Crippen LogP contribution in [0.3, 0.4) is 0 Å². The van der Waals surface area contributed by atoms with Crippen molar-refractivity contribution in [1.29, 1.82) is 0 Å². The van der Waals surface area contributed by atoms with Crippen molar-refractivity contribution in [2.24, 2.45) is 0 Å². The van der Waals surface area contributed by atoms with Gasteiger partial charge in [0.15, 0.2) is 18.9 Å². The molecule has 9 rings (SSSR count). The molecule has 6 aromatic carbocycles. The van der Waals surface area contributed by atoms with Crippen LogP contribution in [0.15, 0.2) is 182 Å². The normalized spacial score (nSPS) is 27.5. The fraction of sp³-hybridized carbons (Fsp3) is 0.345. The van der Waals surface area contributed by atoms with Gasteiger partial charge >= 0.3 is 0 Å². The standard InChI is InChI=1S/C55H58O11/c1-56-54-51(60-35-42-26-14-5-15-27-42)49(58-33-40-22-10-3-11-23-40)47(45(63-54)37-57-32-39-20-8-2-9-21-39)66-55-52(61-36-43-28-16-6-17-29-43)50(59-34-41-24-12-4-13-25-41)48-46(64-55)38-62-53(65-48)44-30-18-7-19-31-44/h2-31,45-55H,32-38H2,1H3/t45-,46-,47-,48-,49+,50+,51-,52+,53?,54+,55+/m1/s1.